The fourth-order valence-corrected chi connectivity index (χ4v) is 1.40. The van der Waals surface area contributed by atoms with Gasteiger partial charge in [-0.05, 0) is 34.6 Å². The predicted octanol–water partition coefficient (Wildman–Crippen LogP) is 0.994. The van der Waals surface area contributed by atoms with Gasteiger partial charge in [-0.25, -0.2) is 0 Å². The zero-order chi connectivity index (χ0) is 13.0. The molecule has 0 rings (SSSR count). The van der Waals surface area contributed by atoms with Crippen LogP contribution in [0.25, 0.3) is 0 Å². The molecule has 16 heavy (non-hydrogen) atoms. The first kappa shape index (κ1) is 15.4. The number of nitrogens with one attached hydrogen (secondary N) is 1. The lowest BCUT2D eigenvalue weighted by Crippen LogP contribution is -2.42. The van der Waals surface area contributed by atoms with Gasteiger partial charge in [0.05, 0.1) is 5.60 Å². The van der Waals surface area contributed by atoms with Crippen LogP contribution in [0, 0.1) is 0 Å². The van der Waals surface area contributed by atoms with Gasteiger partial charge in [-0.3, -0.25) is 4.79 Å². The summed E-state index contributed by atoms with van der Waals surface area (Å²) in [4.78, 5) is 13.3. The molecule has 0 aromatic heterocycles. The number of amides is 1. The number of nitrogens with zero attached hydrogens (tertiary/aromatic N) is 1. The van der Waals surface area contributed by atoms with E-state index in [2.05, 4.69) is 26.1 Å². The minimum absolute atomic E-state index is 0.0368. The highest BCUT2D eigenvalue weighted by molar-refractivity contribution is 5.76. The lowest BCUT2D eigenvalue weighted by Gasteiger charge is -2.26. The second-order valence-corrected chi connectivity index (χ2v) is 5.99. The molecule has 0 heterocycles. The molecule has 0 aliphatic rings. The largest absolute Gasteiger partial charge is 0.389 e. The van der Waals surface area contributed by atoms with Crippen molar-refractivity contribution in [1.29, 1.82) is 0 Å². The van der Waals surface area contributed by atoms with Gasteiger partial charge in [0.2, 0.25) is 5.91 Å². The third-order valence-electron chi connectivity index (χ3n) is 2.04. The molecule has 0 saturated carbocycles. The molecule has 0 unspecified atom stereocenters. The summed E-state index contributed by atoms with van der Waals surface area (Å²) >= 11 is 0. The van der Waals surface area contributed by atoms with E-state index in [-0.39, 0.29) is 11.4 Å². The molecule has 2 N–H and O–H groups in total. The van der Waals surface area contributed by atoms with Gasteiger partial charge >= 0.3 is 0 Å². The molecule has 0 aromatic carbocycles. The van der Waals surface area contributed by atoms with E-state index in [4.69, 9.17) is 0 Å². The second kappa shape index (κ2) is 5.64. The molecule has 0 radical (unpaired) electrons. The van der Waals surface area contributed by atoms with Crippen molar-refractivity contribution in [3.8, 4) is 0 Å². The van der Waals surface area contributed by atoms with Crippen molar-refractivity contribution < 1.29 is 9.90 Å². The minimum Gasteiger partial charge on any atom is -0.389 e. The van der Waals surface area contributed by atoms with Crippen molar-refractivity contribution in [2.45, 2.75) is 52.2 Å². The van der Waals surface area contributed by atoms with E-state index in [0.717, 1.165) is 0 Å². The monoisotopic (exact) mass is 230 g/mol. The Hall–Kier alpha value is -0.610. The van der Waals surface area contributed by atoms with Crippen molar-refractivity contribution in [1.82, 2.24) is 10.2 Å². The van der Waals surface area contributed by atoms with Crippen LogP contribution in [0.3, 0.4) is 0 Å². The first-order valence-corrected chi connectivity index (χ1v) is 5.73. The van der Waals surface area contributed by atoms with Crippen LogP contribution in [0.1, 0.15) is 41.0 Å². The molecule has 0 saturated heterocycles. The second-order valence-electron chi connectivity index (χ2n) is 5.99. The SMILES string of the molecule is CN(CC(C)(C)O)C(=O)CCNC(C)(C)C. The van der Waals surface area contributed by atoms with E-state index in [1.165, 1.54) is 0 Å². The van der Waals surface area contributed by atoms with Crippen molar-refractivity contribution in [3.05, 3.63) is 0 Å². The third-order valence-corrected chi connectivity index (χ3v) is 2.04. The summed E-state index contributed by atoms with van der Waals surface area (Å²) in [6.45, 7) is 10.6. The summed E-state index contributed by atoms with van der Waals surface area (Å²) in [5.74, 6) is 0.0545. The van der Waals surface area contributed by atoms with Gasteiger partial charge in [0.1, 0.15) is 0 Å². The summed E-state index contributed by atoms with van der Waals surface area (Å²) in [5, 5.41) is 12.8. The highest BCUT2D eigenvalue weighted by atomic mass is 16.3. The summed E-state index contributed by atoms with van der Waals surface area (Å²) in [6, 6.07) is 0. The lowest BCUT2D eigenvalue weighted by molar-refractivity contribution is -0.132. The van der Waals surface area contributed by atoms with Crippen molar-refractivity contribution >= 4 is 5.91 Å². The average molecular weight is 230 g/mol. The van der Waals surface area contributed by atoms with Crippen LogP contribution >= 0.6 is 0 Å². The Balaban J connectivity index is 3.90. The maximum atomic E-state index is 11.7. The maximum Gasteiger partial charge on any atom is 0.223 e. The Morgan fingerprint density at radius 1 is 1.25 bits per heavy atom. The van der Waals surface area contributed by atoms with Crippen LogP contribution in [-0.4, -0.2) is 47.2 Å². The number of likely N-dealkylation sites (N-methyl/N-ethyl adjacent to an activating group) is 1. The molecular formula is C12H26N2O2. The summed E-state index contributed by atoms with van der Waals surface area (Å²) < 4.78 is 0. The fourth-order valence-electron chi connectivity index (χ4n) is 1.40. The van der Waals surface area contributed by atoms with Gasteiger partial charge in [0, 0.05) is 32.1 Å². The molecule has 1 amide bonds. The topological polar surface area (TPSA) is 52.6 Å². The minimum atomic E-state index is -0.831. The number of aliphatic hydroxyl groups is 1. The first-order chi connectivity index (χ1) is 7.01. The van der Waals surface area contributed by atoms with E-state index >= 15 is 0 Å². The van der Waals surface area contributed by atoms with Crippen LogP contribution in [0.4, 0.5) is 0 Å². The summed E-state index contributed by atoms with van der Waals surface area (Å²) in [5.41, 5.74) is -0.795. The van der Waals surface area contributed by atoms with E-state index < -0.39 is 5.60 Å². The van der Waals surface area contributed by atoms with Gasteiger partial charge in [0.15, 0.2) is 0 Å². The molecule has 0 fully saturated rings. The molecule has 0 bridgehead atoms. The van der Waals surface area contributed by atoms with Gasteiger partial charge in [-0.2, -0.15) is 0 Å². The van der Waals surface area contributed by atoms with E-state index in [9.17, 15) is 9.90 Å². The molecule has 0 aliphatic heterocycles. The van der Waals surface area contributed by atoms with Gasteiger partial charge in [-0.1, -0.05) is 0 Å². The molecule has 0 aromatic rings. The number of hydrogen-bond acceptors (Lipinski definition) is 3. The first-order valence-electron chi connectivity index (χ1n) is 5.73. The van der Waals surface area contributed by atoms with E-state index in [1.54, 1.807) is 25.8 Å². The Labute approximate surface area is 99.0 Å². The third kappa shape index (κ3) is 8.68. The Morgan fingerprint density at radius 2 is 1.75 bits per heavy atom. The normalized spacial score (nSPS) is 12.7. The molecule has 0 atom stereocenters. The number of carbonyl (C=O) groups is 1. The molecule has 0 aliphatic carbocycles. The molecule has 0 spiro atoms. The van der Waals surface area contributed by atoms with E-state index in [0.29, 0.717) is 19.5 Å². The van der Waals surface area contributed by atoms with Crippen molar-refractivity contribution in [2.24, 2.45) is 0 Å². The molecular weight excluding hydrogens is 204 g/mol. The van der Waals surface area contributed by atoms with Crippen molar-refractivity contribution in [3.63, 3.8) is 0 Å². The van der Waals surface area contributed by atoms with Gasteiger partial charge in [0.25, 0.3) is 0 Å². The van der Waals surface area contributed by atoms with Gasteiger partial charge < -0.3 is 15.3 Å². The Morgan fingerprint density at radius 3 is 2.12 bits per heavy atom. The highest BCUT2D eigenvalue weighted by Crippen LogP contribution is 2.04. The van der Waals surface area contributed by atoms with E-state index in [1.807, 2.05) is 0 Å². The average Bonchev–Trinajstić information content (AvgIpc) is 1.98. The zero-order valence-electron chi connectivity index (χ0n) is 11.4. The Kier molecular flexibility index (Phi) is 5.42. The van der Waals surface area contributed by atoms with Crippen LogP contribution in [-0.2, 0) is 4.79 Å². The van der Waals surface area contributed by atoms with Crippen LogP contribution in [0.5, 0.6) is 0 Å². The van der Waals surface area contributed by atoms with Crippen molar-refractivity contribution in [2.75, 3.05) is 20.1 Å². The number of rotatable bonds is 5. The zero-order valence-corrected chi connectivity index (χ0v) is 11.4. The molecule has 96 valence electrons. The van der Waals surface area contributed by atoms with Crippen LogP contribution in [0.2, 0.25) is 0 Å². The fraction of sp³-hybridized carbons (Fsp3) is 0.917. The standard InChI is InChI=1S/C12H26N2O2/c1-11(2,3)13-8-7-10(15)14(6)9-12(4,5)16/h13,16H,7-9H2,1-6H3. The molecule has 4 heteroatoms. The quantitative estimate of drug-likeness (QED) is 0.740. The van der Waals surface area contributed by atoms with Gasteiger partial charge in [-0.15, -0.1) is 0 Å². The summed E-state index contributed by atoms with van der Waals surface area (Å²) in [6.07, 6.45) is 0.462. The van der Waals surface area contributed by atoms with Crippen LogP contribution in [0.15, 0.2) is 0 Å². The summed E-state index contributed by atoms with van der Waals surface area (Å²) in [7, 11) is 1.72. The number of hydrogen-bond donors (Lipinski definition) is 2. The predicted molar refractivity (Wildman–Crippen MR) is 66.3 cm³/mol. The number of carbonyl (C=O) groups excluding carboxylic acids is 1. The highest BCUT2D eigenvalue weighted by Gasteiger charge is 2.19. The maximum absolute atomic E-state index is 11.7. The molecule has 4 nitrogen and oxygen atoms in total. The smallest absolute Gasteiger partial charge is 0.223 e. The van der Waals surface area contributed by atoms with Crippen LogP contribution < -0.4 is 5.32 Å². The Bertz CT molecular complexity index is 226. The lowest BCUT2D eigenvalue weighted by atomic mass is 10.1.